The van der Waals surface area contributed by atoms with Crippen LogP contribution >= 0.6 is 0 Å². The normalized spacial score (nSPS) is 35.9. The molecule has 2 aliphatic heterocycles. The van der Waals surface area contributed by atoms with Crippen LogP contribution in [0, 0.1) is 0 Å². The van der Waals surface area contributed by atoms with Crippen molar-refractivity contribution in [1.29, 1.82) is 0 Å². The minimum absolute atomic E-state index is 0.132. The van der Waals surface area contributed by atoms with Crippen molar-refractivity contribution in [3.8, 4) is 0 Å². The Balaban J connectivity index is 2.19. The van der Waals surface area contributed by atoms with Crippen LogP contribution < -0.4 is 0 Å². The van der Waals surface area contributed by atoms with E-state index in [0.29, 0.717) is 0 Å². The Bertz CT molecular complexity index is 689. The van der Waals surface area contributed by atoms with Gasteiger partial charge in [0, 0.05) is 26.2 Å². The number of alkyl halides is 10. The molecule has 32 heavy (non-hydrogen) atoms. The molecule has 3 rings (SSSR count). The van der Waals surface area contributed by atoms with Crippen LogP contribution in [0.4, 0.5) is 43.9 Å². The maximum atomic E-state index is 15.1. The van der Waals surface area contributed by atoms with Gasteiger partial charge in [-0.15, -0.1) is 0 Å². The third kappa shape index (κ3) is 2.67. The number of hydrogen-bond acceptors (Lipinski definition) is 4. The van der Waals surface area contributed by atoms with Gasteiger partial charge in [-0.25, -0.2) is 8.78 Å². The Morgan fingerprint density at radius 3 is 0.938 bits per heavy atom. The van der Waals surface area contributed by atoms with Crippen LogP contribution in [0.1, 0.15) is 0 Å². The lowest BCUT2D eigenvalue weighted by Crippen LogP contribution is -2.89. The Hall–Kier alpha value is -1.84. The van der Waals surface area contributed by atoms with Gasteiger partial charge in [0.1, 0.15) is 0 Å². The van der Waals surface area contributed by atoms with E-state index in [2.05, 4.69) is 9.47 Å². The highest BCUT2D eigenvalue weighted by Crippen LogP contribution is 2.69. The standard InChI is InChI=1S/C16H16F10N2O4/c17-11(9(29)27-1-5-31-6-2-27)13(19,20)15(23,24)12(18,16(25,26)14(11,21)22)10(30)28-3-7-32-8-4-28/h1-8H2. The molecule has 2 amide bonds. The van der Waals surface area contributed by atoms with E-state index in [4.69, 9.17) is 0 Å². The molecule has 0 N–H and O–H groups in total. The summed E-state index contributed by atoms with van der Waals surface area (Å²) in [7, 11) is 0. The van der Waals surface area contributed by atoms with Gasteiger partial charge in [0.15, 0.2) is 0 Å². The van der Waals surface area contributed by atoms with E-state index in [-0.39, 0.29) is 9.80 Å². The van der Waals surface area contributed by atoms with Crippen LogP contribution in [0.15, 0.2) is 0 Å². The third-order valence-corrected chi connectivity index (χ3v) is 5.71. The molecule has 2 saturated heterocycles. The fraction of sp³-hybridized carbons (Fsp3) is 0.875. The Morgan fingerprint density at radius 1 is 0.500 bits per heavy atom. The Morgan fingerprint density at radius 2 is 0.719 bits per heavy atom. The molecule has 0 atom stereocenters. The molecule has 6 nitrogen and oxygen atoms in total. The Kier molecular flexibility index (Phi) is 5.68. The van der Waals surface area contributed by atoms with Crippen molar-refractivity contribution >= 4 is 11.8 Å². The maximum Gasteiger partial charge on any atom is 0.362 e. The maximum absolute atomic E-state index is 15.1. The number of amides is 2. The van der Waals surface area contributed by atoms with E-state index >= 15 is 8.78 Å². The summed E-state index contributed by atoms with van der Waals surface area (Å²) < 4.78 is 157. The summed E-state index contributed by atoms with van der Waals surface area (Å²) in [5.74, 6) is -34.4. The zero-order valence-electron chi connectivity index (χ0n) is 16.0. The van der Waals surface area contributed by atoms with Gasteiger partial charge in [0.25, 0.3) is 11.8 Å². The van der Waals surface area contributed by atoms with E-state index in [9.17, 15) is 44.7 Å². The van der Waals surface area contributed by atoms with Gasteiger partial charge in [-0.3, -0.25) is 9.59 Å². The molecular formula is C16H16F10N2O4. The van der Waals surface area contributed by atoms with Gasteiger partial charge >= 0.3 is 35.0 Å². The van der Waals surface area contributed by atoms with Crippen LogP contribution in [-0.4, -0.2) is 109 Å². The lowest BCUT2D eigenvalue weighted by Gasteiger charge is -2.55. The topological polar surface area (TPSA) is 59.1 Å². The highest BCUT2D eigenvalue weighted by atomic mass is 19.4. The molecule has 2 heterocycles. The van der Waals surface area contributed by atoms with Gasteiger partial charge in [-0.05, 0) is 0 Å². The molecule has 0 aromatic carbocycles. The van der Waals surface area contributed by atoms with E-state index in [1.807, 2.05) is 0 Å². The lowest BCUT2D eigenvalue weighted by atomic mass is 9.65. The molecule has 3 aliphatic rings. The fourth-order valence-electron chi connectivity index (χ4n) is 3.77. The summed E-state index contributed by atoms with van der Waals surface area (Å²) in [6, 6.07) is 0. The molecule has 1 saturated carbocycles. The van der Waals surface area contributed by atoms with Gasteiger partial charge in [0.2, 0.25) is 0 Å². The van der Waals surface area contributed by atoms with E-state index in [1.165, 1.54) is 0 Å². The van der Waals surface area contributed by atoms with Crippen molar-refractivity contribution in [3.05, 3.63) is 0 Å². The molecule has 184 valence electrons. The first kappa shape index (κ1) is 24.8. The highest BCUT2D eigenvalue weighted by Gasteiger charge is 3.03. The van der Waals surface area contributed by atoms with Crippen LogP contribution in [-0.2, 0) is 19.1 Å². The zero-order valence-corrected chi connectivity index (χ0v) is 16.0. The number of halogens is 10. The smallest absolute Gasteiger partial charge is 0.362 e. The highest BCUT2D eigenvalue weighted by molar-refractivity contribution is 5.93. The molecule has 3 fully saturated rings. The molecule has 0 aromatic heterocycles. The van der Waals surface area contributed by atoms with Crippen molar-refractivity contribution in [3.63, 3.8) is 0 Å². The number of hydrogen-bond donors (Lipinski definition) is 0. The van der Waals surface area contributed by atoms with Crippen molar-refractivity contribution in [1.82, 2.24) is 9.80 Å². The van der Waals surface area contributed by atoms with E-state index < -0.39 is 99.4 Å². The molecule has 0 aromatic rings. The average molecular weight is 490 g/mol. The molecule has 1 aliphatic carbocycles. The second-order valence-corrected chi connectivity index (χ2v) is 7.42. The minimum atomic E-state index is -7.06. The number of nitrogens with zero attached hydrogens (tertiary/aromatic N) is 2. The number of rotatable bonds is 2. The summed E-state index contributed by atoms with van der Waals surface area (Å²) in [6.07, 6.45) is 0. The van der Waals surface area contributed by atoms with Gasteiger partial charge in [-0.2, -0.15) is 35.1 Å². The van der Waals surface area contributed by atoms with Gasteiger partial charge < -0.3 is 19.3 Å². The van der Waals surface area contributed by atoms with Crippen molar-refractivity contribution < 1.29 is 63.0 Å². The molecule has 0 bridgehead atoms. The second-order valence-electron chi connectivity index (χ2n) is 7.42. The second kappa shape index (κ2) is 7.33. The third-order valence-electron chi connectivity index (χ3n) is 5.71. The van der Waals surface area contributed by atoms with Crippen LogP contribution in [0.25, 0.3) is 0 Å². The molecule has 0 unspecified atom stereocenters. The molecule has 0 spiro atoms. The quantitative estimate of drug-likeness (QED) is 0.553. The zero-order chi connectivity index (χ0) is 24.4. The summed E-state index contributed by atoms with van der Waals surface area (Å²) in [4.78, 5) is 24.1. The number of carbonyl (C=O) groups excluding carboxylic acids is 2. The number of morpholine rings is 2. The first-order chi connectivity index (χ1) is 14.5. The monoisotopic (exact) mass is 490 g/mol. The van der Waals surface area contributed by atoms with Crippen LogP contribution in [0.5, 0.6) is 0 Å². The van der Waals surface area contributed by atoms with Gasteiger partial charge in [-0.1, -0.05) is 0 Å². The summed E-state index contributed by atoms with van der Waals surface area (Å²) >= 11 is 0. The molecule has 16 heteroatoms. The predicted octanol–water partition coefficient (Wildman–Crippen LogP) is 1.68. The van der Waals surface area contributed by atoms with Crippen LogP contribution in [0.2, 0.25) is 0 Å². The summed E-state index contributed by atoms with van der Waals surface area (Å²) in [5.41, 5.74) is -13.2. The minimum Gasteiger partial charge on any atom is -0.378 e. The van der Waals surface area contributed by atoms with Gasteiger partial charge in [0.05, 0.1) is 26.4 Å². The summed E-state index contributed by atoms with van der Waals surface area (Å²) in [5, 5.41) is 0. The average Bonchev–Trinajstić information content (AvgIpc) is 2.76. The van der Waals surface area contributed by atoms with Crippen molar-refractivity contribution in [2.24, 2.45) is 0 Å². The predicted molar refractivity (Wildman–Crippen MR) is 82.3 cm³/mol. The molecular weight excluding hydrogens is 474 g/mol. The fourth-order valence-corrected chi connectivity index (χ4v) is 3.77. The number of carbonyl (C=O) groups is 2. The lowest BCUT2D eigenvalue weighted by molar-refractivity contribution is -0.442. The van der Waals surface area contributed by atoms with Crippen molar-refractivity contribution in [2.75, 3.05) is 52.6 Å². The van der Waals surface area contributed by atoms with Crippen molar-refractivity contribution in [2.45, 2.75) is 35.0 Å². The first-order valence-electron chi connectivity index (χ1n) is 9.16. The largest absolute Gasteiger partial charge is 0.378 e. The Labute approximate surface area is 173 Å². The van der Waals surface area contributed by atoms with Crippen LogP contribution in [0.3, 0.4) is 0 Å². The van der Waals surface area contributed by atoms with E-state index in [1.54, 1.807) is 0 Å². The first-order valence-corrected chi connectivity index (χ1v) is 9.16. The summed E-state index contributed by atoms with van der Waals surface area (Å²) in [6.45, 7) is -5.52. The number of ether oxygens (including phenoxy) is 2. The SMILES string of the molecule is O=C(N1CCOCC1)C1(F)C(F)(F)C(F)(F)C(F)(C(=O)N2CCOCC2)C(F)(F)C1(F)F. The van der Waals surface area contributed by atoms with E-state index in [0.717, 1.165) is 0 Å². The molecule has 0 radical (unpaired) electrons.